The molecule has 17 heavy (non-hydrogen) atoms. The Balaban J connectivity index is 2.24. The van der Waals surface area contributed by atoms with E-state index in [-0.39, 0.29) is 0 Å². The zero-order valence-electron chi connectivity index (χ0n) is 9.94. The molecule has 0 saturated carbocycles. The Morgan fingerprint density at radius 3 is 2.94 bits per heavy atom. The first-order valence-electron chi connectivity index (χ1n) is 5.79. The molecule has 1 atom stereocenters. The number of aliphatic hydroxyl groups is 1. The number of benzene rings is 1. The molecule has 0 aliphatic heterocycles. The molecule has 1 aromatic carbocycles. The fourth-order valence-electron chi connectivity index (χ4n) is 1.91. The lowest BCUT2D eigenvalue weighted by atomic mass is 10.1. The molecule has 4 N–H and O–H groups in total. The van der Waals surface area contributed by atoms with Gasteiger partial charge >= 0.3 is 0 Å². The van der Waals surface area contributed by atoms with E-state index in [9.17, 15) is 5.11 Å². The van der Waals surface area contributed by atoms with Crippen LogP contribution in [0.4, 0.5) is 0 Å². The molecule has 0 aliphatic carbocycles. The number of hydrogen-bond donors (Lipinski definition) is 3. The largest absolute Gasteiger partial charge is 0.497 e. The molecule has 1 heterocycles. The van der Waals surface area contributed by atoms with Gasteiger partial charge in [-0.3, -0.25) is 0 Å². The van der Waals surface area contributed by atoms with Gasteiger partial charge in [0.1, 0.15) is 5.75 Å². The van der Waals surface area contributed by atoms with Crippen molar-refractivity contribution in [1.82, 2.24) is 4.98 Å². The summed E-state index contributed by atoms with van der Waals surface area (Å²) in [6.45, 7) is 0.602. The molecule has 0 radical (unpaired) electrons. The van der Waals surface area contributed by atoms with Crippen molar-refractivity contribution >= 4 is 10.9 Å². The van der Waals surface area contributed by atoms with E-state index in [1.165, 1.54) is 0 Å². The molecule has 0 saturated heterocycles. The topological polar surface area (TPSA) is 71.3 Å². The number of nitrogens with one attached hydrogen (secondary N) is 1. The van der Waals surface area contributed by atoms with E-state index in [4.69, 9.17) is 10.5 Å². The summed E-state index contributed by atoms with van der Waals surface area (Å²) in [6, 6.07) is 7.76. The molecule has 0 aliphatic rings. The molecule has 4 nitrogen and oxygen atoms in total. The van der Waals surface area contributed by atoms with Crippen molar-refractivity contribution < 1.29 is 9.84 Å². The SMILES string of the molecule is COc1ccc2[nH]c(C(O)CCCN)cc2c1. The number of ether oxygens (including phenoxy) is 1. The van der Waals surface area contributed by atoms with Crippen molar-refractivity contribution in [3.05, 3.63) is 30.0 Å². The van der Waals surface area contributed by atoms with Gasteiger partial charge < -0.3 is 20.6 Å². The minimum absolute atomic E-state index is 0.475. The minimum Gasteiger partial charge on any atom is -0.497 e. The monoisotopic (exact) mass is 234 g/mol. The Kier molecular flexibility index (Phi) is 3.66. The number of fused-ring (bicyclic) bond motifs is 1. The molecule has 1 aromatic heterocycles. The summed E-state index contributed by atoms with van der Waals surface area (Å²) in [5.41, 5.74) is 7.27. The highest BCUT2D eigenvalue weighted by Gasteiger charge is 2.10. The normalized spacial score (nSPS) is 12.9. The number of aliphatic hydroxyl groups excluding tert-OH is 1. The maximum absolute atomic E-state index is 9.96. The third-order valence-electron chi connectivity index (χ3n) is 2.89. The van der Waals surface area contributed by atoms with E-state index in [1.54, 1.807) is 7.11 Å². The van der Waals surface area contributed by atoms with E-state index >= 15 is 0 Å². The number of H-pyrrole nitrogens is 1. The summed E-state index contributed by atoms with van der Waals surface area (Å²) in [5, 5.41) is 11.0. The van der Waals surface area contributed by atoms with Gasteiger partial charge in [0.25, 0.3) is 0 Å². The molecule has 2 aromatic rings. The lowest BCUT2D eigenvalue weighted by Gasteiger charge is -2.06. The van der Waals surface area contributed by atoms with Crippen molar-refractivity contribution in [3.63, 3.8) is 0 Å². The maximum Gasteiger partial charge on any atom is 0.119 e. The van der Waals surface area contributed by atoms with Crippen molar-refractivity contribution in [2.75, 3.05) is 13.7 Å². The Bertz CT molecular complexity index is 493. The van der Waals surface area contributed by atoms with Gasteiger partial charge in [-0.05, 0) is 43.7 Å². The van der Waals surface area contributed by atoms with Gasteiger partial charge in [0.15, 0.2) is 0 Å². The van der Waals surface area contributed by atoms with E-state index in [1.807, 2.05) is 24.3 Å². The van der Waals surface area contributed by atoms with Crippen LogP contribution in [0.15, 0.2) is 24.3 Å². The Labute approximate surface area is 100 Å². The lowest BCUT2D eigenvalue weighted by molar-refractivity contribution is 0.161. The van der Waals surface area contributed by atoms with E-state index in [2.05, 4.69) is 4.98 Å². The zero-order valence-corrected chi connectivity index (χ0v) is 9.94. The zero-order chi connectivity index (χ0) is 12.3. The Morgan fingerprint density at radius 1 is 1.41 bits per heavy atom. The Hall–Kier alpha value is -1.52. The average molecular weight is 234 g/mol. The highest BCUT2D eigenvalue weighted by molar-refractivity contribution is 5.82. The van der Waals surface area contributed by atoms with Gasteiger partial charge in [-0.2, -0.15) is 0 Å². The van der Waals surface area contributed by atoms with Crippen molar-refractivity contribution in [1.29, 1.82) is 0 Å². The summed E-state index contributed by atoms with van der Waals surface area (Å²) in [7, 11) is 1.64. The first kappa shape index (κ1) is 12.0. The third-order valence-corrected chi connectivity index (χ3v) is 2.89. The van der Waals surface area contributed by atoms with Crippen LogP contribution in [0.5, 0.6) is 5.75 Å². The van der Waals surface area contributed by atoms with Crippen LogP contribution < -0.4 is 10.5 Å². The van der Waals surface area contributed by atoms with Crippen LogP contribution in [0, 0.1) is 0 Å². The molecule has 2 rings (SSSR count). The van der Waals surface area contributed by atoms with Gasteiger partial charge in [-0.1, -0.05) is 0 Å². The van der Waals surface area contributed by atoms with Crippen LogP contribution >= 0.6 is 0 Å². The fraction of sp³-hybridized carbons (Fsp3) is 0.385. The third kappa shape index (κ3) is 2.60. The number of methoxy groups -OCH3 is 1. The molecular formula is C13H18N2O2. The van der Waals surface area contributed by atoms with Crippen LogP contribution in [0.2, 0.25) is 0 Å². The van der Waals surface area contributed by atoms with Gasteiger partial charge in [-0.25, -0.2) is 0 Å². The van der Waals surface area contributed by atoms with Crippen LogP contribution in [0.3, 0.4) is 0 Å². The second-order valence-electron chi connectivity index (χ2n) is 4.12. The van der Waals surface area contributed by atoms with E-state index in [0.717, 1.165) is 28.8 Å². The van der Waals surface area contributed by atoms with Crippen LogP contribution in [-0.2, 0) is 0 Å². The second kappa shape index (κ2) is 5.21. The smallest absolute Gasteiger partial charge is 0.119 e. The van der Waals surface area contributed by atoms with E-state index in [0.29, 0.717) is 13.0 Å². The average Bonchev–Trinajstić information content (AvgIpc) is 2.78. The molecule has 0 amide bonds. The van der Waals surface area contributed by atoms with Crippen LogP contribution in [0.25, 0.3) is 10.9 Å². The predicted molar refractivity (Wildman–Crippen MR) is 68.1 cm³/mol. The first-order valence-corrected chi connectivity index (χ1v) is 5.79. The quantitative estimate of drug-likeness (QED) is 0.740. The summed E-state index contributed by atoms with van der Waals surface area (Å²) >= 11 is 0. The van der Waals surface area contributed by atoms with Crippen LogP contribution in [-0.4, -0.2) is 23.7 Å². The molecule has 92 valence electrons. The standard InChI is InChI=1S/C13H18N2O2/c1-17-10-4-5-11-9(7-10)8-12(15-11)13(16)3-2-6-14/h4-5,7-8,13,15-16H,2-3,6,14H2,1H3. The summed E-state index contributed by atoms with van der Waals surface area (Å²) in [6.07, 6.45) is 1.03. The number of aromatic amines is 1. The molecule has 4 heteroatoms. The number of aromatic nitrogens is 1. The van der Waals surface area contributed by atoms with E-state index < -0.39 is 6.10 Å². The van der Waals surface area contributed by atoms with Gasteiger partial charge in [0, 0.05) is 16.6 Å². The second-order valence-corrected chi connectivity index (χ2v) is 4.12. The van der Waals surface area contributed by atoms with Crippen LogP contribution in [0.1, 0.15) is 24.6 Å². The summed E-state index contributed by atoms with van der Waals surface area (Å²) < 4.78 is 5.16. The number of nitrogens with two attached hydrogens (primary N) is 1. The molecular weight excluding hydrogens is 216 g/mol. The predicted octanol–water partition coefficient (Wildman–Crippen LogP) is 1.95. The lowest BCUT2D eigenvalue weighted by Crippen LogP contribution is -2.03. The number of hydrogen-bond acceptors (Lipinski definition) is 3. The summed E-state index contributed by atoms with van der Waals surface area (Å²) in [4.78, 5) is 3.21. The first-order chi connectivity index (χ1) is 8.24. The van der Waals surface area contributed by atoms with Crippen molar-refractivity contribution in [3.8, 4) is 5.75 Å². The van der Waals surface area contributed by atoms with Gasteiger partial charge in [-0.15, -0.1) is 0 Å². The molecule has 0 spiro atoms. The fourth-order valence-corrected chi connectivity index (χ4v) is 1.91. The van der Waals surface area contributed by atoms with Crippen molar-refractivity contribution in [2.24, 2.45) is 5.73 Å². The minimum atomic E-state index is -0.475. The maximum atomic E-state index is 9.96. The highest BCUT2D eigenvalue weighted by Crippen LogP contribution is 2.25. The molecule has 1 unspecified atom stereocenters. The highest BCUT2D eigenvalue weighted by atomic mass is 16.5. The van der Waals surface area contributed by atoms with Gasteiger partial charge in [0.05, 0.1) is 13.2 Å². The Morgan fingerprint density at radius 2 is 2.24 bits per heavy atom. The van der Waals surface area contributed by atoms with Crippen molar-refractivity contribution in [2.45, 2.75) is 18.9 Å². The molecule has 0 bridgehead atoms. The molecule has 0 fully saturated rings. The summed E-state index contributed by atoms with van der Waals surface area (Å²) in [5.74, 6) is 0.819. The number of rotatable bonds is 5. The van der Waals surface area contributed by atoms with Gasteiger partial charge in [0.2, 0.25) is 0 Å².